The summed E-state index contributed by atoms with van der Waals surface area (Å²) in [7, 11) is 0. The predicted octanol–water partition coefficient (Wildman–Crippen LogP) is 4.85. The van der Waals surface area contributed by atoms with Gasteiger partial charge in [0.25, 0.3) is 0 Å². The van der Waals surface area contributed by atoms with Gasteiger partial charge in [0.1, 0.15) is 5.60 Å². The Labute approximate surface area is 171 Å². The number of carbonyl (C=O) groups excluding carboxylic acids is 2. The van der Waals surface area contributed by atoms with E-state index in [9.17, 15) is 9.59 Å². The van der Waals surface area contributed by atoms with Crippen LogP contribution in [0.25, 0.3) is 11.1 Å². The van der Waals surface area contributed by atoms with Crippen molar-refractivity contribution in [2.75, 3.05) is 5.32 Å². The molecular weight excluding hydrogens is 366 g/mol. The molecule has 2 heterocycles. The van der Waals surface area contributed by atoms with Gasteiger partial charge in [0.05, 0.1) is 12.0 Å². The molecule has 3 rings (SSSR count). The van der Waals surface area contributed by atoms with Gasteiger partial charge in [-0.1, -0.05) is 37.3 Å². The summed E-state index contributed by atoms with van der Waals surface area (Å²) in [6.07, 6.45) is 7.29. The molecule has 2 N–H and O–H groups in total. The second kappa shape index (κ2) is 8.47. The van der Waals surface area contributed by atoms with Crippen molar-refractivity contribution >= 4 is 17.7 Å². The van der Waals surface area contributed by atoms with E-state index < -0.39 is 11.7 Å². The first-order valence-corrected chi connectivity index (χ1v) is 9.74. The molecule has 6 nitrogen and oxygen atoms in total. The number of hydrogen-bond donors (Lipinski definition) is 2. The van der Waals surface area contributed by atoms with Crippen LogP contribution in [0.5, 0.6) is 0 Å². The highest BCUT2D eigenvalue weighted by Crippen LogP contribution is 2.31. The maximum atomic E-state index is 12.6. The second-order valence-corrected chi connectivity index (χ2v) is 8.19. The van der Waals surface area contributed by atoms with Crippen LogP contribution in [-0.2, 0) is 9.53 Å². The highest BCUT2D eigenvalue weighted by atomic mass is 16.6. The van der Waals surface area contributed by atoms with Gasteiger partial charge in [-0.2, -0.15) is 0 Å². The Morgan fingerprint density at radius 1 is 1.24 bits per heavy atom. The van der Waals surface area contributed by atoms with Crippen molar-refractivity contribution in [2.45, 2.75) is 45.8 Å². The van der Waals surface area contributed by atoms with Gasteiger partial charge < -0.3 is 15.4 Å². The zero-order valence-electron chi connectivity index (χ0n) is 17.2. The van der Waals surface area contributed by atoms with Gasteiger partial charge in [0.2, 0.25) is 5.91 Å². The summed E-state index contributed by atoms with van der Waals surface area (Å²) < 4.78 is 5.42. The van der Waals surface area contributed by atoms with Crippen molar-refractivity contribution in [3.05, 3.63) is 60.4 Å². The summed E-state index contributed by atoms with van der Waals surface area (Å²) in [6, 6.07) is 9.28. The standard InChI is InChI=1S/C23H27N3O3/c1-15-8-7-11-19(26-22(28)29-23(2,3)4)17-12-16(13-24-14-17)18-9-5-6-10-20(18)25-21(15)27/h5-10,12-15,19H,11H2,1-4H3,(H,25,27)(H,26,28)/t15-,19+/m1/s1. The Bertz CT molecular complexity index is 931. The van der Waals surface area contributed by atoms with Gasteiger partial charge in [0, 0.05) is 29.2 Å². The molecule has 6 heteroatoms. The molecule has 0 fully saturated rings. The largest absolute Gasteiger partial charge is 0.444 e. The van der Waals surface area contributed by atoms with Crippen LogP contribution in [0.15, 0.2) is 54.9 Å². The SMILES string of the molecule is C[C@@H]1C=CC[C@H](NC(=O)OC(C)(C)C)c2cncc(c2)-c2ccccc2NC1=O. The van der Waals surface area contributed by atoms with E-state index in [4.69, 9.17) is 4.74 Å². The summed E-state index contributed by atoms with van der Waals surface area (Å²) in [4.78, 5) is 29.3. The van der Waals surface area contributed by atoms with Crippen LogP contribution in [0.2, 0.25) is 0 Å². The van der Waals surface area contributed by atoms with E-state index in [1.807, 2.05) is 70.2 Å². The number of carbonyl (C=O) groups is 2. The van der Waals surface area contributed by atoms with Crippen LogP contribution in [0.1, 0.15) is 45.7 Å². The second-order valence-electron chi connectivity index (χ2n) is 8.19. The molecule has 2 bridgehead atoms. The van der Waals surface area contributed by atoms with E-state index in [0.29, 0.717) is 6.42 Å². The minimum Gasteiger partial charge on any atom is -0.444 e. The molecule has 2 aromatic rings. The van der Waals surface area contributed by atoms with Gasteiger partial charge in [-0.3, -0.25) is 9.78 Å². The molecule has 0 spiro atoms. The molecule has 2 amide bonds. The number of benzene rings is 1. The Morgan fingerprint density at radius 3 is 2.76 bits per heavy atom. The number of anilines is 1. The number of rotatable bonds is 1. The molecule has 0 unspecified atom stereocenters. The first-order chi connectivity index (χ1) is 13.7. The summed E-state index contributed by atoms with van der Waals surface area (Å²) in [5.74, 6) is -0.392. The average molecular weight is 393 g/mol. The molecule has 2 atom stereocenters. The number of pyridine rings is 1. The number of aromatic nitrogens is 1. The number of nitrogens with one attached hydrogen (secondary N) is 2. The number of nitrogens with zero attached hydrogens (tertiary/aromatic N) is 1. The topological polar surface area (TPSA) is 80.3 Å². The monoisotopic (exact) mass is 393 g/mol. The van der Waals surface area contributed by atoms with Gasteiger partial charge in [0.15, 0.2) is 0 Å². The number of ether oxygens (including phenoxy) is 1. The summed E-state index contributed by atoms with van der Waals surface area (Å²) in [6.45, 7) is 7.32. The molecule has 1 aliphatic heterocycles. The fourth-order valence-corrected chi connectivity index (χ4v) is 3.12. The third-order valence-corrected chi connectivity index (χ3v) is 4.56. The molecule has 0 radical (unpaired) electrons. The Hall–Kier alpha value is -3.15. The summed E-state index contributed by atoms with van der Waals surface area (Å²) in [5.41, 5.74) is 2.76. The smallest absolute Gasteiger partial charge is 0.408 e. The number of fused-ring (bicyclic) bond motifs is 4. The minimum atomic E-state index is -0.586. The Morgan fingerprint density at radius 2 is 2.00 bits per heavy atom. The Kier molecular flexibility index (Phi) is 6.01. The number of para-hydroxylation sites is 1. The van der Waals surface area contributed by atoms with E-state index in [0.717, 1.165) is 22.4 Å². The molecule has 152 valence electrons. The van der Waals surface area contributed by atoms with E-state index in [1.165, 1.54) is 0 Å². The lowest BCUT2D eigenvalue weighted by atomic mass is 9.98. The lowest BCUT2D eigenvalue weighted by molar-refractivity contribution is -0.118. The van der Waals surface area contributed by atoms with E-state index in [1.54, 1.807) is 12.4 Å². The highest BCUT2D eigenvalue weighted by molar-refractivity contribution is 5.97. The maximum absolute atomic E-state index is 12.6. The molecule has 29 heavy (non-hydrogen) atoms. The number of alkyl carbamates (subject to hydrolysis) is 1. The molecule has 0 saturated carbocycles. The van der Waals surface area contributed by atoms with Crippen LogP contribution in [-0.4, -0.2) is 22.6 Å². The Balaban J connectivity index is 2.01. The molecule has 1 aromatic heterocycles. The van der Waals surface area contributed by atoms with E-state index >= 15 is 0 Å². The summed E-state index contributed by atoms with van der Waals surface area (Å²) in [5, 5.41) is 5.93. The average Bonchev–Trinajstić information content (AvgIpc) is 2.65. The first-order valence-electron chi connectivity index (χ1n) is 9.74. The fraction of sp³-hybridized carbons (Fsp3) is 0.348. The molecule has 0 saturated heterocycles. The van der Waals surface area contributed by atoms with Crippen molar-refractivity contribution in [1.29, 1.82) is 0 Å². The highest BCUT2D eigenvalue weighted by Gasteiger charge is 2.22. The van der Waals surface area contributed by atoms with Crippen LogP contribution < -0.4 is 10.6 Å². The van der Waals surface area contributed by atoms with Crippen molar-refractivity contribution in [3.63, 3.8) is 0 Å². The number of hydrogen-bond acceptors (Lipinski definition) is 4. The molecule has 0 aliphatic carbocycles. The maximum Gasteiger partial charge on any atom is 0.408 e. The first kappa shape index (κ1) is 20.6. The van der Waals surface area contributed by atoms with Crippen molar-refractivity contribution in [2.24, 2.45) is 5.92 Å². The van der Waals surface area contributed by atoms with Gasteiger partial charge in [-0.25, -0.2) is 4.79 Å². The normalized spacial score (nSPS) is 19.2. The van der Waals surface area contributed by atoms with Crippen LogP contribution >= 0.6 is 0 Å². The third kappa shape index (κ3) is 5.44. The fourth-order valence-electron chi connectivity index (χ4n) is 3.12. The van der Waals surface area contributed by atoms with Crippen molar-refractivity contribution < 1.29 is 14.3 Å². The molecule has 1 aliphatic rings. The molecular formula is C23H27N3O3. The van der Waals surface area contributed by atoms with Crippen molar-refractivity contribution in [3.8, 4) is 11.1 Å². The van der Waals surface area contributed by atoms with E-state index in [-0.39, 0.29) is 17.9 Å². The summed E-state index contributed by atoms with van der Waals surface area (Å²) >= 11 is 0. The quantitative estimate of drug-likeness (QED) is 0.679. The lowest BCUT2D eigenvalue weighted by Gasteiger charge is -2.24. The molecule has 1 aromatic carbocycles. The predicted molar refractivity (Wildman–Crippen MR) is 113 cm³/mol. The zero-order chi connectivity index (χ0) is 21.0. The van der Waals surface area contributed by atoms with Crippen LogP contribution in [0, 0.1) is 5.92 Å². The third-order valence-electron chi connectivity index (χ3n) is 4.56. The zero-order valence-corrected chi connectivity index (χ0v) is 17.2. The van der Waals surface area contributed by atoms with Gasteiger partial charge in [-0.05, 0) is 44.9 Å². The van der Waals surface area contributed by atoms with Gasteiger partial charge in [-0.15, -0.1) is 0 Å². The lowest BCUT2D eigenvalue weighted by Crippen LogP contribution is -2.35. The van der Waals surface area contributed by atoms with Crippen LogP contribution in [0.3, 0.4) is 0 Å². The van der Waals surface area contributed by atoms with Crippen LogP contribution in [0.4, 0.5) is 10.5 Å². The van der Waals surface area contributed by atoms with E-state index in [2.05, 4.69) is 15.6 Å². The van der Waals surface area contributed by atoms with Crippen molar-refractivity contribution in [1.82, 2.24) is 10.3 Å². The van der Waals surface area contributed by atoms with Gasteiger partial charge >= 0.3 is 6.09 Å². The minimum absolute atomic E-state index is 0.0879. The number of amides is 2.